The standard InChI is InChI=1S/C75H62N4O/c1-73(2,3)53-37-39-61-62-40-38-58(48-70(62)79(69(61)45-53)71-46-54(41-42-76-71)74(4,5)6)80-57-30-22-29-56(47-57)77-49-78(68-36-21-20-35-67(68)77)72-63(50-23-10-7-11-24-50)43-55(44-64(72)51-25-12-8-13-26-51)75(52-27-14-9-15-28-52)65-33-18-16-31-59(65)60-32-17-19-34-66(60)75/h7-48H,49H2,1-6H3. The fourth-order valence-electron chi connectivity index (χ4n) is 12.8. The number of hydrogen-bond donors (Lipinski definition) is 0. The molecule has 5 nitrogen and oxygen atoms in total. The van der Waals surface area contributed by atoms with Gasteiger partial charge in [-0.15, -0.1) is 0 Å². The predicted octanol–water partition coefficient (Wildman–Crippen LogP) is 19.5. The van der Waals surface area contributed by atoms with Crippen molar-refractivity contribution < 1.29 is 4.74 Å². The first-order chi connectivity index (χ1) is 38.9. The lowest BCUT2D eigenvalue weighted by Gasteiger charge is -2.36. The van der Waals surface area contributed by atoms with Crippen LogP contribution in [-0.4, -0.2) is 16.2 Å². The van der Waals surface area contributed by atoms with E-state index in [1.54, 1.807) is 0 Å². The van der Waals surface area contributed by atoms with E-state index in [9.17, 15) is 0 Å². The van der Waals surface area contributed by atoms with E-state index >= 15 is 0 Å². The molecular weight excluding hydrogens is 973 g/mol. The Bertz CT molecular complexity index is 4230. The molecule has 0 atom stereocenters. The van der Waals surface area contributed by atoms with Gasteiger partial charge in [-0.1, -0.05) is 211 Å². The van der Waals surface area contributed by atoms with Gasteiger partial charge in [0, 0.05) is 45.9 Å². The fraction of sp³-hybridized carbons (Fsp3) is 0.133. The van der Waals surface area contributed by atoms with E-state index in [1.807, 2.05) is 6.20 Å². The van der Waals surface area contributed by atoms with Crippen LogP contribution in [0.25, 0.3) is 61.0 Å². The van der Waals surface area contributed by atoms with Gasteiger partial charge in [0.15, 0.2) is 0 Å². The number of para-hydroxylation sites is 2. The van der Waals surface area contributed by atoms with E-state index in [0.717, 1.165) is 78.7 Å². The van der Waals surface area contributed by atoms with Crippen molar-refractivity contribution >= 4 is 44.6 Å². The van der Waals surface area contributed by atoms with Gasteiger partial charge in [-0.05, 0) is 133 Å². The number of rotatable bonds is 9. The molecule has 0 saturated carbocycles. The second kappa shape index (κ2) is 18.9. The molecule has 0 radical (unpaired) electrons. The molecule has 1 aliphatic heterocycles. The van der Waals surface area contributed by atoms with Crippen molar-refractivity contribution in [1.82, 2.24) is 9.55 Å². The van der Waals surface area contributed by atoms with Crippen molar-refractivity contribution in [3.05, 3.63) is 288 Å². The van der Waals surface area contributed by atoms with Gasteiger partial charge in [-0.2, -0.15) is 0 Å². The van der Waals surface area contributed by atoms with Crippen LogP contribution in [0.1, 0.15) is 74.9 Å². The molecule has 2 aliphatic rings. The van der Waals surface area contributed by atoms with Gasteiger partial charge < -0.3 is 14.5 Å². The topological polar surface area (TPSA) is 33.5 Å². The zero-order valence-electron chi connectivity index (χ0n) is 46.2. The fourth-order valence-corrected chi connectivity index (χ4v) is 12.8. The van der Waals surface area contributed by atoms with Gasteiger partial charge in [0.1, 0.15) is 24.0 Å². The number of nitrogens with zero attached hydrogens (tertiary/aromatic N) is 4. The molecule has 12 aromatic rings. The van der Waals surface area contributed by atoms with E-state index in [-0.39, 0.29) is 10.8 Å². The van der Waals surface area contributed by atoms with Gasteiger partial charge in [0.2, 0.25) is 0 Å². The number of hydrogen-bond acceptors (Lipinski definition) is 4. The molecule has 0 N–H and O–H groups in total. The largest absolute Gasteiger partial charge is 0.457 e. The van der Waals surface area contributed by atoms with Crippen LogP contribution >= 0.6 is 0 Å². The van der Waals surface area contributed by atoms with Crippen LogP contribution in [-0.2, 0) is 16.2 Å². The summed E-state index contributed by atoms with van der Waals surface area (Å²) < 4.78 is 9.29. The summed E-state index contributed by atoms with van der Waals surface area (Å²) in [7, 11) is 0. The van der Waals surface area contributed by atoms with Gasteiger partial charge in [-0.3, -0.25) is 4.57 Å². The summed E-state index contributed by atoms with van der Waals surface area (Å²) in [5.74, 6) is 2.40. The number of aromatic nitrogens is 2. The maximum atomic E-state index is 6.97. The van der Waals surface area contributed by atoms with Crippen LogP contribution in [0, 0.1) is 0 Å². The Morgan fingerprint density at radius 2 is 0.938 bits per heavy atom. The third kappa shape index (κ3) is 8.02. The van der Waals surface area contributed by atoms with Crippen molar-refractivity contribution in [2.45, 2.75) is 57.8 Å². The highest BCUT2D eigenvalue weighted by Gasteiger charge is 2.47. The summed E-state index contributed by atoms with van der Waals surface area (Å²) >= 11 is 0. The monoisotopic (exact) mass is 1030 g/mol. The van der Waals surface area contributed by atoms with Crippen molar-refractivity contribution in [2.24, 2.45) is 0 Å². The molecule has 0 unspecified atom stereocenters. The molecule has 80 heavy (non-hydrogen) atoms. The Kier molecular flexibility index (Phi) is 11.5. The first kappa shape index (κ1) is 48.9. The Morgan fingerprint density at radius 1 is 0.412 bits per heavy atom. The molecule has 0 bridgehead atoms. The molecule has 0 fully saturated rings. The second-order valence-electron chi connectivity index (χ2n) is 23.6. The summed E-state index contributed by atoms with van der Waals surface area (Å²) in [6.45, 7) is 14.2. The summed E-state index contributed by atoms with van der Waals surface area (Å²) in [5.41, 5.74) is 20.7. The van der Waals surface area contributed by atoms with Crippen molar-refractivity contribution in [2.75, 3.05) is 16.5 Å². The zero-order valence-corrected chi connectivity index (χ0v) is 46.2. The maximum absolute atomic E-state index is 6.97. The molecular formula is C75H62N4O. The number of benzene rings is 10. The normalized spacial score (nSPS) is 13.6. The summed E-state index contributed by atoms with van der Waals surface area (Å²) in [6.07, 6.45) is 1.95. The van der Waals surface area contributed by atoms with Gasteiger partial charge >= 0.3 is 0 Å². The van der Waals surface area contributed by atoms with E-state index in [4.69, 9.17) is 9.72 Å². The first-order valence-electron chi connectivity index (χ1n) is 28.0. The lowest BCUT2D eigenvalue weighted by molar-refractivity contribution is 0.483. The molecule has 0 spiro atoms. The zero-order chi connectivity index (χ0) is 54.3. The summed E-state index contributed by atoms with van der Waals surface area (Å²) in [6, 6.07) is 91.3. The van der Waals surface area contributed by atoms with E-state index in [2.05, 4.69) is 305 Å². The Hall–Kier alpha value is -9.45. The quantitative estimate of drug-likeness (QED) is 0.144. The second-order valence-corrected chi connectivity index (χ2v) is 23.6. The highest BCUT2D eigenvalue weighted by atomic mass is 16.5. The van der Waals surface area contributed by atoms with Crippen LogP contribution < -0.4 is 14.5 Å². The van der Waals surface area contributed by atoms with Gasteiger partial charge in [0.25, 0.3) is 0 Å². The Labute approximate surface area is 469 Å². The molecule has 0 saturated heterocycles. The highest BCUT2D eigenvalue weighted by Crippen LogP contribution is 2.59. The van der Waals surface area contributed by atoms with Crippen LogP contribution in [0.5, 0.6) is 11.5 Å². The molecule has 14 rings (SSSR count). The summed E-state index contributed by atoms with van der Waals surface area (Å²) in [5, 5.41) is 2.34. The Balaban J connectivity index is 0.905. The highest BCUT2D eigenvalue weighted by molar-refractivity contribution is 6.10. The number of pyridine rings is 1. The van der Waals surface area contributed by atoms with Crippen LogP contribution in [0.3, 0.4) is 0 Å². The third-order valence-electron chi connectivity index (χ3n) is 16.7. The van der Waals surface area contributed by atoms with Crippen molar-refractivity contribution in [3.63, 3.8) is 0 Å². The molecule has 3 heterocycles. The minimum Gasteiger partial charge on any atom is -0.457 e. The number of ether oxygens (including phenoxy) is 1. The van der Waals surface area contributed by atoms with E-state index in [0.29, 0.717) is 6.67 Å². The minimum absolute atomic E-state index is 0.0244. The van der Waals surface area contributed by atoms with Crippen LogP contribution in [0.15, 0.2) is 255 Å². The maximum Gasteiger partial charge on any atom is 0.137 e. The summed E-state index contributed by atoms with van der Waals surface area (Å²) in [4.78, 5) is 9.97. The number of anilines is 4. The Morgan fingerprint density at radius 3 is 1.56 bits per heavy atom. The first-order valence-corrected chi connectivity index (χ1v) is 28.0. The molecule has 2 aromatic heterocycles. The van der Waals surface area contributed by atoms with E-state index < -0.39 is 5.41 Å². The van der Waals surface area contributed by atoms with Crippen LogP contribution in [0.2, 0.25) is 0 Å². The molecule has 0 amide bonds. The van der Waals surface area contributed by atoms with Gasteiger partial charge in [0.05, 0.1) is 33.5 Å². The SMILES string of the molecule is CC(C)(C)c1ccnc(-n2c3cc(Oc4cccc(N5CN(c6c(-c7ccccc7)cc(C7(c8ccccc8)c8ccccc8-c8ccccc87)cc6-c6ccccc6)c6ccccc65)c4)ccc3c3ccc(C(C)(C)C)cc32)c1. The minimum atomic E-state index is -0.597. The average Bonchev–Trinajstić information content (AvgIpc) is 4.34. The van der Waals surface area contributed by atoms with Crippen molar-refractivity contribution in [1.29, 1.82) is 0 Å². The predicted molar refractivity (Wildman–Crippen MR) is 333 cm³/mol. The molecule has 10 aromatic carbocycles. The van der Waals surface area contributed by atoms with E-state index in [1.165, 1.54) is 49.9 Å². The van der Waals surface area contributed by atoms with Crippen LogP contribution in [0.4, 0.5) is 22.7 Å². The lowest BCUT2D eigenvalue weighted by Crippen LogP contribution is -2.29. The van der Waals surface area contributed by atoms with Gasteiger partial charge in [-0.25, -0.2) is 4.98 Å². The molecule has 1 aliphatic carbocycles. The average molecular weight is 1040 g/mol. The smallest absolute Gasteiger partial charge is 0.137 e. The van der Waals surface area contributed by atoms with Crippen molar-refractivity contribution in [3.8, 4) is 50.7 Å². The molecule has 5 heteroatoms. The third-order valence-corrected chi connectivity index (χ3v) is 16.7. The molecule has 388 valence electrons. The number of fused-ring (bicyclic) bond motifs is 7. The lowest BCUT2D eigenvalue weighted by atomic mass is 9.66.